The van der Waals surface area contributed by atoms with Crippen LogP contribution in [0.15, 0.2) is 50.1 Å². The quantitative estimate of drug-likeness (QED) is 0.499. The zero-order chi connectivity index (χ0) is 16.4. The highest BCUT2D eigenvalue weighted by Crippen LogP contribution is 2.28. The second kappa shape index (κ2) is 6.38. The van der Waals surface area contributed by atoms with Gasteiger partial charge in [0, 0.05) is 5.38 Å². The van der Waals surface area contributed by atoms with Gasteiger partial charge in [0.1, 0.15) is 5.01 Å². The maximum Gasteiger partial charge on any atom is 0.358 e. The van der Waals surface area contributed by atoms with Crippen molar-refractivity contribution in [2.45, 2.75) is 6.61 Å². The molecule has 0 saturated carbocycles. The van der Waals surface area contributed by atoms with Crippen molar-refractivity contribution in [1.29, 1.82) is 0 Å². The van der Waals surface area contributed by atoms with Crippen LogP contribution < -0.4 is 0 Å². The lowest BCUT2D eigenvalue weighted by Gasteiger charge is -1.98. The van der Waals surface area contributed by atoms with Crippen molar-refractivity contribution in [3.05, 3.63) is 52.9 Å². The van der Waals surface area contributed by atoms with Crippen LogP contribution in [-0.2, 0) is 11.3 Å². The summed E-state index contributed by atoms with van der Waals surface area (Å²) < 4.78 is 15.7. The highest BCUT2D eigenvalue weighted by molar-refractivity contribution is 7.20. The molecule has 4 heterocycles. The topological polar surface area (TPSA) is 91.2 Å². The summed E-state index contributed by atoms with van der Waals surface area (Å²) in [5.74, 6) is 0.343. The molecule has 0 amide bonds. The summed E-state index contributed by atoms with van der Waals surface area (Å²) in [6.07, 6.45) is 1.51. The molecule has 0 aliphatic heterocycles. The van der Waals surface area contributed by atoms with Crippen LogP contribution in [0.1, 0.15) is 16.4 Å². The molecule has 4 aromatic rings. The molecule has 24 heavy (non-hydrogen) atoms. The molecule has 0 radical (unpaired) electrons. The standard InChI is InChI=1S/C15H9N3O4S2/c19-15(9-8-24-14(16-9)11-4-2-6-23-11)21-7-12-17-18-13(22-12)10-3-1-5-20-10/h1-6,8H,7H2. The van der Waals surface area contributed by atoms with Crippen LogP contribution in [0.4, 0.5) is 0 Å². The van der Waals surface area contributed by atoms with Gasteiger partial charge in [0.25, 0.3) is 11.8 Å². The van der Waals surface area contributed by atoms with E-state index in [2.05, 4.69) is 15.2 Å². The zero-order valence-corrected chi connectivity index (χ0v) is 13.7. The summed E-state index contributed by atoms with van der Waals surface area (Å²) in [4.78, 5) is 17.3. The lowest BCUT2D eigenvalue weighted by molar-refractivity contribution is 0.0432. The van der Waals surface area contributed by atoms with Gasteiger partial charge in [-0.05, 0) is 23.6 Å². The van der Waals surface area contributed by atoms with Crippen LogP contribution in [0.5, 0.6) is 0 Å². The Morgan fingerprint density at radius 1 is 1.21 bits per heavy atom. The molecule has 4 aromatic heterocycles. The minimum Gasteiger partial charge on any atom is -0.459 e. The number of hydrogen-bond acceptors (Lipinski definition) is 9. The first-order valence-electron chi connectivity index (χ1n) is 6.82. The van der Waals surface area contributed by atoms with Crippen LogP contribution in [0, 0.1) is 0 Å². The number of aromatic nitrogens is 3. The number of hydrogen-bond donors (Lipinski definition) is 0. The van der Waals surface area contributed by atoms with Gasteiger partial charge in [-0.25, -0.2) is 9.78 Å². The number of nitrogens with zero attached hydrogens (tertiary/aromatic N) is 3. The summed E-state index contributed by atoms with van der Waals surface area (Å²) in [6.45, 7) is -0.127. The Hall–Kier alpha value is -2.78. The minimum absolute atomic E-state index is 0.127. The van der Waals surface area contributed by atoms with E-state index in [1.165, 1.54) is 17.6 Å². The van der Waals surface area contributed by atoms with Gasteiger partial charge in [0.05, 0.1) is 11.1 Å². The number of furan rings is 1. The Labute approximate surface area is 143 Å². The Balaban J connectivity index is 1.40. The lowest BCUT2D eigenvalue weighted by atomic mass is 10.4. The Kier molecular flexibility index (Phi) is 3.93. The van der Waals surface area contributed by atoms with Crippen LogP contribution in [0.2, 0.25) is 0 Å². The predicted octanol–water partition coefficient (Wildman–Crippen LogP) is 3.87. The molecule has 0 bridgehead atoms. The number of ether oxygens (including phenoxy) is 1. The average molecular weight is 359 g/mol. The number of esters is 1. The van der Waals surface area contributed by atoms with Crippen molar-refractivity contribution in [2.24, 2.45) is 0 Å². The summed E-state index contributed by atoms with van der Waals surface area (Å²) in [7, 11) is 0. The maximum atomic E-state index is 12.1. The number of thiophene rings is 1. The first kappa shape index (κ1) is 14.8. The largest absolute Gasteiger partial charge is 0.459 e. The average Bonchev–Trinajstić information content (AvgIpc) is 3.40. The Bertz CT molecular complexity index is 941. The molecule has 4 rings (SSSR count). The van der Waals surface area contributed by atoms with Crippen molar-refractivity contribution < 1.29 is 18.4 Å². The van der Waals surface area contributed by atoms with Gasteiger partial charge in [-0.2, -0.15) is 0 Å². The van der Waals surface area contributed by atoms with Gasteiger partial charge in [0.15, 0.2) is 18.1 Å². The van der Waals surface area contributed by atoms with Crippen molar-refractivity contribution in [1.82, 2.24) is 15.2 Å². The fourth-order valence-corrected chi connectivity index (χ4v) is 3.50. The van der Waals surface area contributed by atoms with E-state index in [1.807, 2.05) is 17.5 Å². The first-order chi connectivity index (χ1) is 11.8. The Morgan fingerprint density at radius 2 is 2.17 bits per heavy atom. The van der Waals surface area contributed by atoms with E-state index in [0.29, 0.717) is 5.76 Å². The summed E-state index contributed by atoms with van der Waals surface area (Å²) in [5.41, 5.74) is 0.258. The third kappa shape index (κ3) is 2.99. The van der Waals surface area contributed by atoms with Crippen LogP contribution >= 0.6 is 22.7 Å². The maximum absolute atomic E-state index is 12.1. The monoisotopic (exact) mass is 359 g/mol. The lowest BCUT2D eigenvalue weighted by Crippen LogP contribution is -2.05. The van der Waals surface area contributed by atoms with E-state index in [1.54, 1.807) is 28.8 Å². The number of rotatable bonds is 5. The molecule has 0 N–H and O–H groups in total. The molecule has 0 spiro atoms. The second-order valence-electron chi connectivity index (χ2n) is 4.57. The van der Waals surface area contributed by atoms with Crippen molar-refractivity contribution >= 4 is 28.6 Å². The Morgan fingerprint density at radius 3 is 2.96 bits per heavy atom. The van der Waals surface area contributed by atoms with E-state index < -0.39 is 5.97 Å². The molecular formula is C15H9N3O4S2. The molecule has 0 atom stereocenters. The third-order valence-electron chi connectivity index (χ3n) is 2.97. The molecular weight excluding hydrogens is 350 g/mol. The first-order valence-corrected chi connectivity index (χ1v) is 8.58. The number of carbonyl (C=O) groups excluding carboxylic acids is 1. The molecule has 0 aliphatic carbocycles. The van der Waals surface area contributed by atoms with Gasteiger partial charge >= 0.3 is 5.97 Å². The highest BCUT2D eigenvalue weighted by atomic mass is 32.1. The molecule has 0 aliphatic rings. The molecule has 120 valence electrons. The molecule has 0 fully saturated rings. The predicted molar refractivity (Wildman–Crippen MR) is 86.5 cm³/mol. The van der Waals surface area contributed by atoms with Crippen LogP contribution in [0.25, 0.3) is 21.5 Å². The molecule has 0 saturated heterocycles. The SMILES string of the molecule is O=C(OCc1nnc(-c2ccco2)o1)c1csc(-c2cccs2)n1. The molecule has 9 heteroatoms. The molecule has 7 nitrogen and oxygen atoms in total. The van der Waals surface area contributed by atoms with Gasteiger partial charge in [0.2, 0.25) is 0 Å². The van der Waals surface area contributed by atoms with E-state index in [4.69, 9.17) is 13.6 Å². The zero-order valence-electron chi connectivity index (χ0n) is 12.0. The molecule has 0 unspecified atom stereocenters. The summed E-state index contributed by atoms with van der Waals surface area (Å²) in [6, 6.07) is 7.30. The summed E-state index contributed by atoms with van der Waals surface area (Å²) in [5, 5.41) is 12.1. The van der Waals surface area contributed by atoms with Crippen LogP contribution in [0.3, 0.4) is 0 Å². The van der Waals surface area contributed by atoms with Crippen LogP contribution in [-0.4, -0.2) is 21.2 Å². The van der Waals surface area contributed by atoms with Crippen molar-refractivity contribution in [3.8, 4) is 21.5 Å². The fraction of sp³-hybridized carbons (Fsp3) is 0.0667. The number of carbonyl (C=O) groups is 1. The van der Waals surface area contributed by atoms with E-state index in [0.717, 1.165) is 9.88 Å². The summed E-state index contributed by atoms with van der Waals surface area (Å²) >= 11 is 2.96. The number of thiazole rings is 1. The minimum atomic E-state index is -0.535. The van der Waals surface area contributed by atoms with Crippen molar-refractivity contribution in [2.75, 3.05) is 0 Å². The van der Waals surface area contributed by atoms with Gasteiger partial charge < -0.3 is 13.6 Å². The fourth-order valence-electron chi connectivity index (χ4n) is 1.89. The van der Waals surface area contributed by atoms with E-state index in [9.17, 15) is 4.79 Å². The normalized spacial score (nSPS) is 10.8. The van der Waals surface area contributed by atoms with Gasteiger partial charge in [-0.1, -0.05) is 6.07 Å². The second-order valence-corrected chi connectivity index (χ2v) is 6.38. The van der Waals surface area contributed by atoms with Crippen molar-refractivity contribution in [3.63, 3.8) is 0 Å². The third-order valence-corrected chi connectivity index (χ3v) is 4.85. The van der Waals surface area contributed by atoms with Gasteiger partial charge in [-0.3, -0.25) is 0 Å². The van der Waals surface area contributed by atoms with Gasteiger partial charge in [-0.15, -0.1) is 32.9 Å². The smallest absolute Gasteiger partial charge is 0.358 e. The van der Waals surface area contributed by atoms with E-state index in [-0.39, 0.29) is 24.1 Å². The highest BCUT2D eigenvalue weighted by Gasteiger charge is 2.16. The van der Waals surface area contributed by atoms with E-state index >= 15 is 0 Å². The molecule has 0 aromatic carbocycles.